The highest BCUT2D eigenvalue weighted by Gasteiger charge is 2.09. The van der Waals surface area contributed by atoms with Crippen LogP contribution in [0.25, 0.3) is 11.0 Å². The highest BCUT2D eigenvalue weighted by molar-refractivity contribution is 6.44. The van der Waals surface area contributed by atoms with Gasteiger partial charge in [-0.15, -0.1) is 0 Å². The van der Waals surface area contributed by atoms with Gasteiger partial charge in [-0.2, -0.15) is 5.10 Å². The Morgan fingerprint density at radius 2 is 2.14 bits per heavy atom. The van der Waals surface area contributed by atoms with Crippen molar-refractivity contribution in [2.45, 2.75) is 19.9 Å². The molecule has 74 valence electrons. The Kier molecular flexibility index (Phi) is 2.61. The molecule has 0 amide bonds. The van der Waals surface area contributed by atoms with Gasteiger partial charge in [0.1, 0.15) is 0 Å². The summed E-state index contributed by atoms with van der Waals surface area (Å²) in [4.78, 5) is 4.20. The van der Waals surface area contributed by atoms with Crippen molar-refractivity contribution in [3.63, 3.8) is 0 Å². The number of nitrogens with zero attached hydrogens (tertiary/aromatic N) is 3. The Bertz CT molecular complexity index is 464. The van der Waals surface area contributed by atoms with E-state index in [1.165, 1.54) is 0 Å². The molecule has 2 aromatic rings. The highest BCUT2D eigenvalue weighted by atomic mass is 35.5. The first kappa shape index (κ1) is 9.74. The lowest BCUT2D eigenvalue weighted by molar-refractivity contribution is 0.617. The second-order valence-electron chi connectivity index (χ2n) is 3.03. The fraction of sp³-hybridized carbons (Fsp3) is 0.333. The number of aryl methyl sites for hydroxylation is 1. The first-order chi connectivity index (χ1) is 6.74. The molecule has 0 fully saturated rings. The maximum atomic E-state index is 6.01. The van der Waals surface area contributed by atoms with Crippen LogP contribution in [0.15, 0.2) is 12.4 Å². The van der Waals surface area contributed by atoms with Gasteiger partial charge in [0.05, 0.1) is 21.6 Å². The minimum atomic E-state index is 0.468. The average molecular weight is 230 g/mol. The molecule has 0 atom stereocenters. The first-order valence-corrected chi connectivity index (χ1v) is 5.15. The largest absolute Gasteiger partial charge is 0.247 e. The van der Waals surface area contributed by atoms with Gasteiger partial charge in [0.15, 0.2) is 5.65 Å². The second-order valence-corrected chi connectivity index (χ2v) is 3.81. The Balaban J connectivity index is 2.64. The molecule has 0 aliphatic carbocycles. The van der Waals surface area contributed by atoms with Gasteiger partial charge in [0.2, 0.25) is 0 Å². The number of hydrogen-bond acceptors (Lipinski definition) is 2. The Labute approximate surface area is 91.6 Å². The third kappa shape index (κ3) is 1.47. The van der Waals surface area contributed by atoms with E-state index in [0.29, 0.717) is 10.0 Å². The lowest BCUT2D eigenvalue weighted by Crippen LogP contribution is -1.99. The molecular formula is C9H9Cl2N3. The van der Waals surface area contributed by atoms with E-state index in [-0.39, 0.29) is 0 Å². The van der Waals surface area contributed by atoms with Gasteiger partial charge in [-0.25, -0.2) is 9.67 Å². The molecular weight excluding hydrogens is 221 g/mol. The minimum Gasteiger partial charge on any atom is -0.247 e. The van der Waals surface area contributed by atoms with E-state index >= 15 is 0 Å². The van der Waals surface area contributed by atoms with Gasteiger partial charge in [0.25, 0.3) is 0 Å². The van der Waals surface area contributed by atoms with Gasteiger partial charge >= 0.3 is 0 Å². The van der Waals surface area contributed by atoms with Gasteiger partial charge in [-0.1, -0.05) is 30.1 Å². The summed E-state index contributed by atoms with van der Waals surface area (Å²) in [5.74, 6) is 0. The molecule has 0 unspecified atom stereocenters. The predicted molar refractivity (Wildman–Crippen MR) is 57.8 cm³/mol. The molecule has 5 heteroatoms. The van der Waals surface area contributed by atoms with Crippen molar-refractivity contribution >= 4 is 34.2 Å². The van der Waals surface area contributed by atoms with Crippen LogP contribution in [-0.2, 0) is 6.54 Å². The van der Waals surface area contributed by atoms with Crippen LogP contribution >= 0.6 is 23.2 Å². The summed E-state index contributed by atoms with van der Waals surface area (Å²) in [6.45, 7) is 2.93. The molecule has 0 saturated heterocycles. The maximum absolute atomic E-state index is 6.01. The third-order valence-electron chi connectivity index (χ3n) is 1.99. The average Bonchev–Trinajstić information content (AvgIpc) is 2.57. The van der Waals surface area contributed by atoms with Gasteiger partial charge < -0.3 is 0 Å². The van der Waals surface area contributed by atoms with E-state index in [2.05, 4.69) is 17.0 Å². The molecule has 0 spiro atoms. The van der Waals surface area contributed by atoms with Crippen molar-refractivity contribution < 1.29 is 0 Å². The third-order valence-corrected chi connectivity index (χ3v) is 2.78. The maximum Gasteiger partial charge on any atom is 0.159 e. The van der Waals surface area contributed by atoms with E-state index in [9.17, 15) is 0 Å². The highest BCUT2D eigenvalue weighted by Crippen LogP contribution is 2.28. The van der Waals surface area contributed by atoms with Crippen LogP contribution in [0.5, 0.6) is 0 Å². The summed E-state index contributed by atoms with van der Waals surface area (Å²) in [6.07, 6.45) is 4.27. The molecule has 0 bridgehead atoms. The fourth-order valence-electron chi connectivity index (χ4n) is 1.35. The molecule has 2 rings (SSSR count). The standard InChI is InChI=1S/C9H9Cl2N3/c1-2-3-14-9-6(4-13-14)8(11)7(10)5-12-9/h4-5H,2-3H2,1H3. The normalized spacial score (nSPS) is 11.1. The van der Waals surface area contributed by atoms with Crippen molar-refractivity contribution in [2.75, 3.05) is 0 Å². The molecule has 0 N–H and O–H groups in total. The van der Waals surface area contributed by atoms with Crippen LogP contribution in [0.3, 0.4) is 0 Å². The van der Waals surface area contributed by atoms with Crippen LogP contribution in [0.2, 0.25) is 10.0 Å². The quantitative estimate of drug-likeness (QED) is 0.793. The molecule has 0 aliphatic rings. The van der Waals surface area contributed by atoms with E-state index in [1.54, 1.807) is 12.4 Å². The zero-order chi connectivity index (χ0) is 10.1. The summed E-state index contributed by atoms with van der Waals surface area (Å²) >= 11 is 11.9. The van der Waals surface area contributed by atoms with E-state index in [1.807, 2.05) is 4.68 Å². The molecule has 0 radical (unpaired) electrons. The summed E-state index contributed by atoms with van der Waals surface area (Å²) < 4.78 is 1.83. The van der Waals surface area contributed by atoms with Crippen LogP contribution in [0, 0.1) is 0 Å². The van der Waals surface area contributed by atoms with Crippen molar-refractivity contribution in [3.05, 3.63) is 22.4 Å². The van der Waals surface area contributed by atoms with Crippen LogP contribution in [0.1, 0.15) is 13.3 Å². The van der Waals surface area contributed by atoms with Gasteiger partial charge in [-0.05, 0) is 6.42 Å². The molecule has 0 aromatic carbocycles. The van der Waals surface area contributed by atoms with Gasteiger partial charge in [-0.3, -0.25) is 0 Å². The van der Waals surface area contributed by atoms with E-state index in [0.717, 1.165) is 24.0 Å². The molecule has 0 aliphatic heterocycles. The number of aromatic nitrogens is 3. The van der Waals surface area contributed by atoms with Crippen LogP contribution < -0.4 is 0 Å². The number of pyridine rings is 1. The zero-order valence-corrected chi connectivity index (χ0v) is 9.18. The summed E-state index contributed by atoms with van der Waals surface area (Å²) in [5, 5.41) is 6.01. The van der Waals surface area contributed by atoms with Crippen LogP contribution in [0.4, 0.5) is 0 Å². The van der Waals surface area contributed by atoms with Crippen molar-refractivity contribution in [1.82, 2.24) is 14.8 Å². The van der Waals surface area contributed by atoms with Crippen molar-refractivity contribution in [1.29, 1.82) is 0 Å². The minimum absolute atomic E-state index is 0.468. The number of fused-ring (bicyclic) bond motifs is 1. The Morgan fingerprint density at radius 3 is 2.86 bits per heavy atom. The lowest BCUT2D eigenvalue weighted by atomic mass is 10.3. The molecule has 2 aromatic heterocycles. The Morgan fingerprint density at radius 1 is 1.36 bits per heavy atom. The zero-order valence-electron chi connectivity index (χ0n) is 7.67. The molecule has 14 heavy (non-hydrogen) atoms. The van der Waals surface area contributed by atoms with Crippen molar-refractivity contribution in [2.24, 2.45) is 0 Å². The van der Waals surface area contributed by atoms with Crippen molar-refractivity contribution in [3.8, 4) is 0 Å². The monoisotopic (exact) mass is 229 g/mol. The summed E-state index contributed by atoms with van der Waals surface area (Å²) in [7, 11) is 0. The van der Waals surface area contributed by atoms with Crippen LogP contribution in [-0.4, -0.2) is 14.8 Å². The predicted octanol–water partition coefficient (Wildman–Crippen LogP) is 3.15. The first-order valence-electron chi connectivity index (χ1n) is 4.39. The number of hydrogen-bond donors (Lipinski definition) is 0. The molecule has 0 saturated carbocycles. The number of halogens is 2. The molecule has 3 nitrogen and oxygen atoms in total. The SMILES string of the molecule is CCCn1ncc2c(Cl)c(Cl)cnc21. The van der Waals surface area contributed by atoms with E-state index in [4.69, 9.17) is 23.2 Å². The Hall–Kier alpha value is -0.800. The van der Waals surface area contributed by atoms with E-state index < -0.39 is 0 Å². The topological polar surface area (TPSA) is 30.7 Å². The lowest BCUT2D eigenvalue weighted by Gasteiger charge is -2.00. The number of rotatable bonds is 2. The second kappa shape index (κ2) is 3.75. The smallest absolute Gasteiger partial charge is 0.159 e. The van der Waals surface area contributed by atoms with Gasteiger partial charge in [0, 0.05) is 12.7 Å². The fourth-order valence-corrected chi connectivity index (χ4v) is 1.68. The summed E-state index contributed by atoms with van der Waals surface area (Å²) in [5.41, 5.74) is 0.793. The summed E-state index contributed by atoms with van der Waals surface area (Å²) in [6, 6.07) is 0. The molecule has 2 heterocycles.